The Morgan fingerprint density at radius 1 is 1.33 bits per heavy atom. The van der Waals surface area contributed by atoms with Crippen molar-refractivity contribution in [1.82, 2.24) is 0 Å². The third kappa shape index (κ3) is 4.41. The van der Waals surface area contributed by atoms with Crippen LogP contribution in [0.3, 0.4) is 0 Å². The van der Waals surface area contributed by atoms with Crippen LogP contribution in [-0.4, -0.2) is 29.1 Å². The number of rotatable bonds is 6. The number of hydrogen-bond acceptors (Lipinski definition) is 4. The molecule has 0 saturated carbocycles. The lowest BCUT2D eigenvalue weighted by Gasteiger charge is -2.12. The number of carbonyl (C=O) groups excluding carboxylic acids is 1. The van der Waals surface area contributed by atoms with E-state index in [9.17, 15) is 14.7 Å². The van der Waals surface area contributed by atoms with Crippen molar-refractivity contribution in [2.24, 2.45) is 0 Å². The van der Waals surface area contributed by atoms with E-state index in [4.69, 9.17) is 4.74 Å². The fourth-order valence-corrected chi connectivity index (χ4v) is 2.23. The Hall–Kier alpha value is -1.49. The highest BCUT2D eigenvalue weighted by Gasteiger charge is 2.19. The van der Waals surface area contributed by atoms with Crippen molar-refractivity contribution in [2.75, 3.05) is 12.9 Å². The largest absolute Gasteiger partial charge is 0.497 e. The number of aliphatic carboxylic acids is 1. The zero-order valence-electron chi connectivity index (χ0n) is 10.4. The lowest BCUT2D eigenvalue weighted by atomic mass is 9.97. The molecule has 0 radical (unpaired) electrons. The van der Waals surface area contributed by atoms with Crippen molar-refractivity contribution >= 4 is 22.8 Å². The molecule has 1 aromatic carbocycles. The summed E-state index contributed by atoms with van der Waals surface area (Å²) in [6.45, 7) is 1.48. The molecule has 0 amide bonds. The second-order valence-corrected chi connectivity index (χ2v) is 5.06. The fourth-order valence-electron chi connectivity index (χ4n) is 1.59. The highest BCUT2D eigenvalue weighted by atomic mass is 32.2. The molecule has 1 atom stereocenters. The van der Waals surface area contributed by atoms with E-state index in [1.807, 2.05) is 0 Å². The van der Waals surface area contributed by atoms with Gasteiger partial charge in [0.2, 0.25) is 0 Å². The summed E-state index contributed by atoms with van der Waals surface area (Å²) in [7, 11) is 1.56. The van der Waals surface area contributed by atoms with Crippen LogP contribution >= 0.6 is 11.8 Å². The van der Waals surface area contributed by atoms with Gasteiger partial charge in [-0.1, -0.05) is 23.9 Å². The lowest BCUT2D eigenvalue weighted by Crippen LogP contribution is -2.12. The van der Waals surface area contributed by atoms with Crippen LogP contribution in [0, 0.1) is 0 Å². The summed E-state index contributed by atoms with van der Waals surface area (Å²) in [5.74, 6) is -0.244. The van der Waals surface area contributed by atoms with E-state index in [0.29, 0.717) is 17.9 Å². The zero-order chi connectivity index (χ0) is 13.5. The number of carboxylic acids is 1. The Labute approximate surface area is 110 Å². The van der Waals surface area contributed by atoms with E-state index in [1.54, 1.807) is 31.4 Å². The van der Waals surface area contributed by atoms with Crippen molar-refractivity contribution in [3.63, 3.8) is 0 Å². The van der Waals surface area contributed by atoms with Gasteiger partial charge in [0.15, 0.2) is 5.12 Å². The van der Waals surface area contributed by atoms with Gasteiger partial charge in [-0.25, -0.2) is 0 Å². The highest BCUT2D eigenvalue weighted by Crippen LogP contribution is 2.24. The van der Waals surface area contributed by atoms with Gasteiger partial charge in [-0.3, -0.25) is 9.59 Å². The van der Waals surface area contributed by atoms with E-state index >= 15 is 0 Å². The maximum atomic E-state index is 11.2. The Morgan fingerprint density at radius 3 is 2.39 bits per heavy atom. The number of carbonyl (C=O) groups is 2. The van der Waals surface area contributed by atoms with Gasteiger partial charge in [-0.05, 0) is 24.1 Å². The number of carboxylic acid groups (broad SMARTS) is 1. The molecular formula is C13H16O4S. The quantitative estimate of drug-likeness (QED) is 0.859. The minimum absolute atomic E-state index is 0.00821. The Morgan fingerprint density at radius 2 is 1.94 bits per heavy atom. The summed E-state index contributed by atoms with van der Waals surface area (Å²) < 4.78 is 5.03. The minimum atomic E-state index is -0.871. The second kappa shape index (κ2) is 7.06. The molecule has 0 aliphatic carbocycles. The standard InChI is InChI=1S/C13H16O4S/c1-9(14)18-8-7-12(13(15)16)10-3-5-11(17-2)6-4-10/h3-6,12H,7-8H2,1-2H3,(H,15,16). The first kappa shape index (κ1) is 14.6. The lowest BCUT2D eigenvalue weighted by molar-refractivity contribution is -0.138. The molecule has 4 nitrogen and oxygen atoms in total. The van der Waals surface area contributed by atoms with Crippen LogP contribution in [0.5, 0.6) is 5.75 Å². The summed E-state index contributed by atoms with van der Waals surface area (Å²) in [6, 6.07) is 6.97. The zero-order valence-corrected chi connectivity index (χ0v) is 11.2. The van der Waals surface area contributed by atoms with Crippen molar-refractivity contribution in [3.8, 4) is 5.75 Å². The molecule has 0 aliphatic heterocycles. The molecule has 0 fully saturated rings. The Bertz CT molecular complexity index is 414. The number of thioether (sulfide) groups is 1. The second-order valence-electron chi connectivity index (χ2n) is 3.79. The first-order valence-corrected chi connectivity index (χ1v) is 6.53. The Kier molecular flexibility index (Phi) is 5.71. The molecule has 0 aromatic heterocycles. The van der Waals surface area contributed by atoms with Crippen LogP contribution in [0.4, 0.5) is 0 Å². The normalized spacial score (nSPS) is 11.9. The molecule has 5 heteroatoms. The molecule has 1 rings (SSSR count). The van der Waals surface area contributed by atoms with Gasteiger partial charge in [-0.2, -0.15) is 0 Å². The summed E-state index contributed by atoms with van der Waals surface area (Å²) >= 11 is 1.15. The van der Waals surface area contributed by atoms with Crippen LogP contribution in [-0.2, 0) is 9.59 Å². The first-order valence-electron chi connectivity index (χ1n) is 5.54. The van der Waals surface area contributed by atoms with Crippen molar-refractivity contribution in [1.29, 1.82) is 0 Å². The minimum Gasteiger partial charge on any atom is -0.497 e. The molecular weight excluding hydrogens is 252 g/mol. The van der Waals surface area contributed by atoms with Crippen molar-refractivity contribution in [2.45, 2.75) is 19.3 Å². The monoisotopic (exact) mass is 268 g/mol. The van der Waals surface area contributed by atoms with Gasteiger partial charge < -0.3 is 9.84 Å². The highest BCUT2D eigenvalue weighted by molar-refractivity contribution is 8.13. The molecule has 18 heavy (non-hydrogen) atoms. The molecule has 0 spiro atoms. The van der Waals surface area contributed by atoms with Crippen LogP contribution < -0.4 is 4.74 Å². The smallest absolute Gasteiger partial charge is 0.311 e. The number of hydrogen-bond donors (Lipinski definition) is 1. The molecule has 1 unspecified atom stereocenters. The van der Waals surface area contributed by atoms with Gasteiger partial charge in [0.05, 0.1) is 13.0 Å². The van der Waals surface area contributed by atoms with Crippen LogP contribution in [0.15, 0.2) is 24.3 Å². The third-order valence-corrected chi connectivity index (χ3v) is 3.37. The molecule has 1 N–H and O–H groups in total. The third-order valence-electron chi connectivity index (χ3n) is 2.53. The van der Waals surface area contributed by atoms with Gasteiger partial charge in [0.1, 0.15) is 5.75 Å². The fraction of sp³-hybridized carbons (Fsp3) is 0.385. The van der Waals surface area contributed by atoms with Crippen LogP contribution in [0.25, 0.3) is 0 Å². The average Bonchev–Trinajstić information content (AvgIpc) is 2.34. The van der Waals surface area contributed by atoms with E-state index in [1.165, 1.54) is 6.92 Å². The summed E-state index contributed by atoms with van der Waals surface area (Å²) in [6.07, 6.45) is 0.436. The van der Waals surface area contributed by atoms with Crippen LogP contribution in [0.2, 0.25) is 0 Å². The number of ether oxygens (including phenoxy) is 1. The van der Waals surface area contributed by atoms with Gasteiger partial charge in [0.25, 0.3) is 0 Å². The molecule has 0 bridgehead atoms. The van der Waals surface area contributed by atoms with Crippen LogP contribution in [0.1, 0.15) is 24.8 Å². The number of benzene rings is 1. The van der Waals surface area contributed by atoms with Gasteiger partial charge in [-0.15, -0.1) is 0 Å². The van der Waals surface area contributed by atoms with E-state index < -0.39 is 11.9 Å². The number of methoxy groups -OCH3 is 1. The summed E-state index contributed by atoms with van der Waals surface area (Å²) in [5, 5.41) is 9.20. The maximum Gasteiger partial charge on any atom is 0.311 e. The average molecular weight is 268 g/mol. The molecule has 0 saturated heterocycles. The topological polar surface area (TPSA) is 63.6 Å². The summed E-state index contributed by atoms with van der Waals surface area (Å²) in [5.41, 5.74) is 0.729. The van der Waals surface area contributed by atoms with E-state index in [2.05, 4.69) is 0 Å². The first-order chi connectivity index (χ1) is 8.54. The Balaban J connectivity index is 2.71. The molecule has 0 heterocycles. The van der Waals surface area contributed by atoms with Crippen molar-refractivity contribution < 1.29 is 19.4 Å². The van der Waals surface area contributed by atoms with Gasteiger partial charge in [0, 0.05) is 12.7 Å². The van der Waals surface area contributed by atoms with Crippen molar-refractivity contribution in [3.05, 3.63) is 29.8 Å². The predicted octanol–water partition coefficient (Wildman–Crippen LogP) is 2.53. The molecule has 0 aliphatic rings. The summed E-state index contributed by atoms with van der Waals surface area (Å²) in [4.78, 5) is 22.0. The van der Waals surface area contributed by atoms with Gasteiger partial charge >= 0.3 is 5.97 Å². The predicted molar refractivity (Wildman–Crippen MR) is 71.1 cm³/mol. The maximum absolute atomic E-state index is 11.2. The molecule has 98 valence electrons. The van der Waals surface area contributed by atoms with E-state index in [-0.39, 0.29) is 5.12 Å². The van der Waals surface area contributed by atoms with E-state index in [0.717, 1.165) is 17.3 Å². The molecule has 1 aromatic rings. The SMILES string of the molecule is COc1ccc(C(CCSC(C)=O)C(=O)O)cc1.